The van der Waals surface area contributed by atoms with Crippen LogP contribution in [0.1, 0.15) is 130 Å². The summed E-state index contributed by atoms with van der Waals surface area (Å²) in [5, 5.41) is 40.3. The summed E-state index contributed by atoms with van der Waals surface area (Å²) in [5.74, 6) is -1.59. The van der Waals surface area contributed by atoms with Gasteiger partial charge in [0.15, 0.2) is 0 Å². The van der Waals surface area contributed by atoms with Gasteiger partial charge in [-0.25, -0.2) is 0 Å². The number of phenolic OH excluding ortho intramolecular Hbond substituents is 2. The molecule has 9 heteroatoms. The molecule has 3 aromatic rings. The fraction of sp³-hybridized carbons (Fsp3) is 0.500. The van der Waals surface area contributed by atoms with E-state index in [9.17, 15) is 10.2 Å². The number of aliphatic imine (C=N–C) groups is 2. The SMILES string of the molecule is CC(=O)[O-].CC(=O)[O-].CC(C)(C)Cc1cc(C=Nc2ccccc2N=Cc2cc(CC(C)(C)C)cc(CC(C)(C)C)c2O)c(O)c(CC(C)(C)C)c1.[Co+2]. The van der Waals surface area contributed by atoms with Crippen molar-refractivity contribution in [1.82, 2.24) is 0 Å². The Balaban J connectivity index is 0.00000272. The minimum Gasteiger partial charge on any atom is -0.550 e. The molecule has 8 nitrogen and oxygen atoms in total. The number of aromatic hydroxyl groups is 2. The van der Waals surface area contributed by atoms with Gasteiger partial charge in [0.05, 0.1) is 11.4 Å². The Morgan fingerprint density at radius 1 is 0.566 bits per heavy atom. The normalized spacial score (nSPS) is 12.0. The van der Waals surface area contributed by atoms with E-state index >= 15 is 0 Å². The van der Waals surface area contributed by atoms with E-state index in [1.54, 1.807) is 12.4 Å². The number of hydrogen-bond donors (Lipinski definition) is 2. The molecule has 0 aliphatic heterocycles. The molecular formula is C44H62CoN2O6. The summed E-state index contributed by atoms with van der Waals surface area (Å²) >= 11 is 0. The van der Waals surface area contributed by atoms with Gasteiger partial charge < -0.3 is 30.0 Å². The van der Waals surface area contributed by atoms with Crippen molar-refractivity contribution in [1.29, 1.82) is 0 Å². The number of carbonyl (C=O) groups is 2. The average molecular weight is 774 g/mol. The van der Waals surface area contributed by atoms with Gasteiger partial charge >= 0.3 is 16.8 Å². The summed E-state index contributed by atoms with van der Waals surface area (Å²) in [7, 11) is 0. The number of nitrogens with zero attached hydrogens (tertiary/aromatic N) is 2. The molecule has 0 unspecified atom stereocenters. The molecule has 0 amide bonds. The summed E-state index contributed by atoms with van der Waals surface area (Å²) in [5.41, 5.74) is 7.41. The van der Waals surface area contributed by atoms with Crippen LogP contribution in [0.2, 0.25) is 0 Å². The maximum Gasteiger partial charge on any atom is 2.00 e. The Hall–Kier alpha value is -3.95. The molecular weight excluding hydrogens is 711 g/mol. The quantitative estimate of drug-likeness (QED) is 0.220. The average Bonchev–Trinajstić information content (AvgIpc) is 2.91. The first-order valence-corrected chi connectivity index (χ1v) is 17.8. The van der Waals surface area contributed by atoms with E-state index in [1.165, 1.54) is 11.1 Å². The summed E-state index contributed by atoms with van der Waals surface area (Å²) < 4.78 is 0. The van der Waals surface area contributed by atoms with E-state index in [4.69, 9.17) is 29.8 Å². The van der Waals surface area contributed by atoms with Crippen LogP contribution >= 0.6 is 0 Å². The predicted octanol–water partition coefficient (Wildman–Crippen LogP) is 8.46. The molecule has 0 aliphatic rings. The van der Waals surface area contributed by atoms with Gasteiger partial charge in [0, 0.05) is 35.5 Å². The molecule has 0 aromatic heterocycles. The largest absolute Gasteiger partial charge is 2.00 e. The van der Waals surface area contributed by atoms with Crippen molar-refractivity contribution in [2.24, 2.45) is 31.6 Å². The Morgan fingerprint density at radius 3 is 1.08 bits per heavy atom. The van der Waals surface area contributed by atoms with E-state index in [-0.39, 0.29) is 49.9 Å². The van der Waals surface area contributed by atoms with Gasteiger partial charge in [-0.3, -0.25) is 9.98 Å². The number of para-hydroxylation sites is 2. The molecule has 3 rings (SSSR count). The number of carboxylic acid groups (broad SMARTS) is 2. The first-order chi connectivity index (χ1) is 23.5. The Labute approximate surface area is 329 Å². The van der Waals surface area contributed by atoms with Gasteiger partial charge in [0.25, 0.3) is 0 Å². The summed E-state index contributed by atoms with van der Waals surface area (Å²) in [6.07, 6.45) is 6.86. The van der Waals surface area contributed by atoms with Gasteiger partial charge in [-0.05, 0) is 108 Å². The first kappa shape index (κ1) is 49.0. The van der Waals surface area contributed by atoms with Gasteiger partial charge in [-0.2, -0.15) is 0 Å². The molecule has 53 heavy (non-hydrogen) atoms. The Morgan fingerprint density at radius 2 is 0.830 bits per heavy atom. The van der Waals surface area contributed by atoms with Gasteiger partial charge in [-0.15, -0.1) is 0 Å². The smallest absolute Gasteiger partial charge is 0.550 e. The van der Waals surface area contributed by atoms with Crippen LogP contribution in [0.15, 0.2) is 58.5 Å². The van der Waals surface area contributed by atoms with E-state index in [2.05, 4.69) is 107 Å². The second-order valence-electron chi connectivity index (χ2n) is 18.3. The van der Waals surface area contributed by atoms with Gasteiger partial charge in [0.2, 0.25) is 0 Å². The first-order valence-electron chi connectivity index (χ1n) is 17.8. The van der Waals surface area contributed by atoms with Crippen molar-refractivity contribution in [3.05, 3.63) is 81.9 Å². The second kappa shape index (κ2) is 20.5. The molecule has 0 atom stereocenters. The molecule has 0 spiro atoms. The number of rotatable bonds is 8. The van der Waals surface area contributed by atoms with Gasteiger partial charge in [-0.1, -0.05) is 107 Å². The van der Waals surface area contributed by atoms with E-state index in [1.807, 2.05) is 24.3 Å². The number of carbonyl (C=O) groups excluding carboxylic acids is 2. The standard InChI is InChI=1S/C40H56N2O2.2C2H4O2.Co/c1-37(2,3)21-27-17-29(23-39(7,8)9)35(43)31(19-27)25-41-33-15-13-14-16-34(33)42-26-32-20-28(22-38(4,5)6)18-30(36(32)44)24-40(10,11)12;2*1-2(3)4;/h13-20,25-26,43-44H,21-24H2,1-12H3;2*1H3,(H,3,4);/q;;;+2/p-2. The van der Waals surface area contributed by atoms with E-state index in [0.717, 1.165) is 50.7 Å². The zero-order chi connectivity index (χ0) is 40.2. The molecule has 0 heterocycles. The number of benzene rings is 3. The second-order valence-corrected chi connectivity index (χ2v) is 18.3. The van der Waals surface area contributed by atoms with Crippen LogP contribution in [0.4, 0.5) is 11.4 Å². The summed E-state index contributed by atoms with van der Waals surface area (Å²) in [6, 6.07) is 16.1. The van der Waals surface area contributed by atoms with Crippen LogP contribution in [0.5, 0.6) is 11.5 Å². The van der Waals surface area contributed by atoms with Crippen molar-refractivity contribution >= 4 is 35.7 Å². The third-order valence-corrected chi connectivity index (χ3v) is 7.03. The fourth-order valence-electron chi connectivity index (χ4n) is 5.57. The van der Waals surface area contributed by atoms with Crippen molar-refractivity contribution in [2.75, 3.05) is 0 Å². The van der Waals surface area contributed by atoms with Crippen LogP contribution in [-0.2, 0) is 52.1 Å². The monoisotopic (exact) mass is 773 g/mol. The van der Waals surface area contributed by atoms with Crippen LogP contribution in [-0.4, -0.2) is 34.6 Å². The van der Waals surface area contributed by atoms with E-state index < -0.39 is 11.9 Å². The maximum absolute atomic E-state index is 11.3. The molecule has 0 aliphatic carbocycles. The van der Waals surface area contributed by atoms with Crippen molar-refractivity contribution in [3.63, 3.8) is 0 Å². The van der Waals surface area contributed by atoms with Crippen LogP contribution in [0, 0.1) is 21.7 Å². The third kappa shape index (κ3) is 21.4. The topological polar surface area (TPSA) is 145 Å². The predicted molar refractivity (Wildman–Crippen MR) is 211 cm³/mol. The minimum atomic E-state index is -1.08. The Kier molecular flexibility index (Phi) is 19.0. The number of carboxylic acids is 2. The van der Waals surface area contributed by atoms with Crippen molar-refractivity contribution < 1.29 is 46.8 Å². The molecule has 1 radical (unpaired) electrons. The maximum atomic E-state index is 11.3. The minimum absolute atomic E-state index is 0. The molecule has 0 fully saturated rings. The van der Waals surface area contributed by atoms with Crippen LogP contribution in [0.25, 0.3) is 0 Å². The molecule has 293 valence electrons. The van der Waals surface area contributed by atoms with E-state index in [0.29, 0.717) is 22.5 Å². The van der Waals surface area contributed by atoms with Crippen molar-refractivity contribution in [3.8, 4) is 11.5 Å². The Bertz CT molecular complexity index is 1580. The van der Waals surface area contributed by atoms with Crippen LogP contribution < -0.4 is 10.2 Å². The molecule has 3 aromatic carbocycles. The molecule has 0 bridgehead atoms. The zero-order valence-electron chi connectivity index (χ0n) is 34.4. The van der Waals surface area contributed by atoms with Crippen molar-refractivity contribution in [2.45, 2.75) is 123 Å². The number of phenols is 2. The third-order valence-electron chi connectivity index (χ3n) is 7.03. The number of aliphatic carboxylic acids is 2. The number of hydrogen-bond acceptors (Lipinski definition) is 8. The molecule has 0 saturated heterocycles. The van der Waals surface area contributed by atoms with Gasteiger partial charge in [0.1, 0.15) is 11.5 Å². The zero-order valence-corrected chi connectivity index (χ0v) is 35.4. The summed E-state index contributed by atoms with van der Waals surface area (Å²) in [4.78, 5) is 27.4. The van der Waals surface area contributed by atoms with Crippen LogP contribution in [0.3, 0.4) is 0 Å². The summed E-state index contributed by atoms with van der Waals surface area (Å²) in [6.45, 7) is 28.5. The molecule has 0 saturated carbocycles. The fourth-order valence-corrected chi connectivity index (χ4v) is 5.57. The molecule has 2 N–H and O–H groups in total.